The molecule has 0 saturated heterocycles. The number of rotatable bonds is 8. The molecule has 1 unspecified atom stereocenters. The third-order valence-corrected chi connectivity index (χ3v) is 3.88. The lowest BCUT2D eigenvalue weighted by atomic mass is 9.92. The summed E-state index contributed by atoms with van der Waals surface area (Å²) in [4.78, 5) is 22.6. The number of hydrogen-bond acceptors (Lipinski definition) is 4. The summed E-state index contributed by atoms with van der Waals surface area (Å²) in [6, 6.07) is 16.2. The van der Waals surface area contributed by atoms with Crippen molar-refractivity contribution < 1.29 is 14.5 Å². The second kappa shape index (κ2) is 8.82. The molecule has 24 heavy (non-hydrogen) atoms. The van der Waals surface area contributed by atoms with E-state index in [0.717, 1.165) is 18.4 Å². The molecule has 2 aromatic rings. The molecule has 2 aromatic carbocycles. The molecule has 0 N–H and O–H groups in total. The van der Waals surface area contributed by atoms with Gasteiger partial charge in [0.2, 0.25) is 0 Å². The monoisotopic (exact) mass is 327 g/mol. The molecule has 0 heterocycles. The van der Waals surface area contributed by atoms with Crippen LogP contribution < -0.4 is 0 Å². The summed E-state index contributed by atoms with van der Waals surface area (Å²) < 4.78 is 5.17. The van der Waals surface area contributed by atoms with Gasteiger partial charge in [-0.1, -0.05) is 42.5 Å². The molecule has 0 saturated carbocycles. The van der Waals surface area contributed by atoms with E-state index in [4.69, 9.17) is 4.74 Å². The Balaban J connectivity index is 2.06. The van der Waals surface area contributed by atoms with Crippen molar-refractivity contribution in [2.24, 2.45) is 0 Å². The minimum Gasteiger partial charge on any atom is -0.466 e. The van der Waals surface area contributed by atoms with Crippen LogP contribution in [0.15, 0.2) is 54.6 Å². The van der Waals surface area contributed by atoms with Crippen molar-refractivity contribution in [2.75, 3.05) is 6.61 Å². The molecule has 0 aliphatic heterocycles. The maximum Gasteiger partial charge on any atom is 0.313 e. The van der Waals surface area contributed by atoms with Crippen LogP contribution in [0.25, 0.3) is 0 Å². The van der Waals surface area contributed by atoms with Gasteiger partial charge in [-0.3, -0.25) is 14.9 Å². The van der Waals surface area contributed by atoms with Crippen LogP contribution in [0, 0.1) is 10.1 Å². The first-order chi connectivity index (χ1) is 11.6. The number of hydrogen-bond donors (Lipinski definition) is 0. The first-order valence-corrected chi connectivity index (χ1v) is 8.06. The van der Waals surface area contributed by atoms with E-state index >= 15 is 0 Å². The van der Waals surface area contributed by atoms with Gasteiger partial charge in [-0.2, -0.15) is 0 Å². The first kappa shape index (κ1) is 17.7. The molecule has 0 radical (unpaired) electrons. The van der Waals surface area contributed by atoms with Crippen molar-refractivity contribution >= 4 is 11.7 Å². The molecular formula is C19H21NO4. The summed E-state index contributed by atoms with van der Waals surface area (Å²) in [7, 11) is 0. The average Bonchev–Trinajstić information content (AvgIpc) is 2.60. The van der Waals surface area contributed by atoms with E-state index in [-0.39, 0.29) is 11.7 Å². The Bertz CT molecular complexity index is 668. The highest BCUT2D eigenvalue weighted by molar-refractivity contribution is 5.78. The minimum atomic E-state index is -0.446. The standard InChI is InChI=1S/C19H21NO4/c1-2-24-19(21)18(10-6-9-15-7-4-3-5-8-15)16-11-13-17(14-12-16)20(22)23/h3-5,7-8,11-14,18H,2,6,9-10H2,1H3. The Morgan fingerprint density at radius 3 is 2.38 bits per heavy atom. The van der Waals surface area contributed by atoms with Gasteiger partial charge < -0.3 is 4.74 Å². The minimum absolute atomic E-state index is 0.0191. The van der Waals surface area contributed by atoms with Gasteiger partial charge in [-0.15, -0.1) is 0 Å². The average molecular weight is 327 g/mol. The highest BCUT2D eigenvalue weighted by Crippen LogP contribution is 2.26. The zero-order valence-electron chi connectivity index (χ0n) is 13.7. The van der Waals surface area contributed by atoms with Gasteiger partial charge >= 0.3 is 5.97 Å². The molecule has 0 aromatic heterocycles. The topological polar surface area (TPSA) is 69.4 Å². The van der Waals surface area contributed by atoms with Crippen LogP contribution in [0.4, 0.5) is 5.69 Å². The van der Waals surface area contributed by atoms with Crippen molar-refractivity contribution in [3.05, 3.63) is 75.8 Å². The van der Waals surface area contributed by atoms with Gasteiger partial charge in [0, 0.05) is 12.1 Å². The Hall–Kier alpha value is -2.69. The number of nitro benzene ring substituents is 1. The predicted molar refractivity (Wildman–Crippen MR) is 91.9 cm³/mol. The highest BCUT2D eigenvalue weighted by Gasteiger charge is 2.22. The number of non-ortho nitro benzene ring substituents is 1. The van der Waals surface area contributed by atoms with E-state index in [9.17, 15) is 14.9 Å². The van der Waals surface area contributed by atoms with Crippen LogP contribution in [0.2, 0.25) is 0 Å². The number of carbonyl (C=O) groups excluding carboxylic acids is 1. The van der Waals surface area contributed by atoms with Crippen LogP contribution in [-0.4, -0.2) is 17.5 Å². The highest BCUT2D eigenvalue weighted by atomic mass is 16.6. The second-order valence-corrected chi connectivity index (χ2v) is 5.53. The third-order valence-electron chi connectivity index (χ3n) is 3.88. The molecule has 0 fully saturated rings. The van der Waals surface area contributed by atoms with Crippen molar-refractivity contribution in [1.29, 1.82) is 0 Å². The van der Waals surface area contributed by atoms with Crippen molar-refractivity contribution in [3.63, 3.8) is 0 Å². The molecule has 0 aliphatic carbocycles. The number of benzene rings is 2. The van der Waals surface area contributed by atoms with E-state index < -0.39 is 10.8 Å². The number of aryl methyl sites for hydroxylation is 1. The van der Waals surface area contributed by atoms with E-state index in [1.54, 1.807) is 19.1 Å². The third kappa shape index (κ3) is 4.91. The van der Waals surface area contributed by atoms with E-state index in [1.165, 1.54) is 17.7 Å². The van der Waals surface area contributed by atoms with Crippen molar-refractivity contribution in [3.8, 4) is 0 Å². The second-order valence-electron chi connectivity index (χ2n) is 5.53. The lowest BCUT2D eigenvalue weighted by Crippen LogP contribution is -2.16. The number of ether oxygens (including phenoxy) is 1. The van der Waals surface area contributed by atoms with Crippen LogP contribution in [0.5, 0.6) is 0 Å². The number of esters is 1. The maximum absolute atomic E-state index is 12.2. The molecule has 2 rings (SSSR count). The fraction of sp³-hybridized carbons (Fsp3) is 0.316. The van der Waals surface area contributed by atoms with Crippen LogP contribution in [-0.2, 0) is 16.0 Å². The van der Waals surface area contributed by atoms with Crippen LogP contribution >= 0.6 is 0 Å². The molecule has 126 valence electrons. The Kier molecular flexibility index (Phi) is 6.49. The molecule has 0 amide bonds. The fourth-order valence-electron chi connectivity index (χ4n) is 2.65. The van der Waals surface area contributed by atoms with Crippen LogP contribution in [0.1, 0.15) is 36.8 Å². The molecule has 0 spiro atoms. The van der Waals surface area contributed by atoms with Gasteiger partial charge in [0.15, 0.2) is 0 Å². The van der Waals surface area contributed by atoms with E-state index in [0.29, 0.717) is 13.0 Å². The first-order valence-electron chi connectivity index (χ1n) is 8.06. The molecule has 0 aliphatic rings. The van der Waals surface area contributed by atoms with E-state index in [2.05, 4.69) is 12.1 Å². The molecule has 1 atom stereocenters. The number of nitro groups is 1. The summed E-state index contributed by atoms with van der Waals surface area (Å²) in [6.45, 7) is 2.09. The van der Waals surface area contributed by atoms with Crippen LogP contribution in [0.3, 0.4) is 0 Å². The SMILES string of the molecule is CCOC(=O)C(CCCc1ccccc1)c1ccc([N+](=O)[O-])cc1. The fourth-order valence-corrected chi connectivity index (χ4v) is 2.65. The zero-order valence-corrected chi connectivity index (χ0v) is 13.7. The van der Waals surface area contributed by atoms with Gasteiger partial charge in [0.1, 0.15) is 0 Å². The zero-order chi connectivity index (χ0) is 17.4. The maximum atomic E-state index is 12.2. The summed E-state index contributed by atoms with van der Waals surface area (Å²) >= 11 is 0. The normalized spacial score (nSPS) is 11.7. The van der Waals surface area contributed by atoms with Crippen molar-refractivity contribution in [1.82, 2.24) is 0 Å². The number of carbonyl (C=O) groups is 1. The molecule has 5 heteroatoms. The summed E-state index contributed by atoms with van der Waals surface area (Å²) in [5.41, 5.74) is 2.00. The summed E-state index contributed by atoms with van der Waals surface area (Å²) in [5, 5.41) is 10.8. The van der Waals surface area contributed by atoms with E-state index in [1.807, 2.05) is 18.2 Å². The lowest BCUT2D eigenvalue weighted by molar-refractivity contribution is -0.384. The van der Waals surface area contributed by atoms with Crippen molar-refractivity contribution in [2.45, 2.75) is 32.1 Å². The smallest absolute Gasteiger partial charge is 0.313 e. The van der Waals surface area contributed by atoms with Gasteiger partial charge in [-0.25, -0.2) is 0 Å². The Labute approximate surface area is 141 Å². The van der Waals surface area contributed by atoms with Gasteiger partial charge in [0.05, 0.1) is 17.4 Å². The summed E-state index contributed by atoms with van der Waals surface area (Å²) in [5.74, 6) is -0.672. The van der Waals surface area contributed by atoms with Gasteiger partial charge in [-0.05, 0) is 37.3 Å². The quantitative estimate of drug-likeness (QED) is 0.412. The predicted octanol–water partition coefficient (Wildman–Crippen LogP) is 4.26. The largest absolute Gasteiger partial charge is 0.466 e. The lowest BCUT2D eigenvalue weighted by Gasteiger charge is -2.16. The molecule has 5 nitrogen and oxygen atoms in total. The molecular weight excluding hydrogens is 306 g/mol. The van der Waals surface area contributed by atoms with Gasteiger partial charge in [0.25, 0.3) is 5.69 Å². The number of nitrogens with zero attached hydrogens (tertiary/aromatic N) is 1. The Morgan fingerprint density at radius 1 is 1.12 bits per heavy atom. The Morgan fingerprint density at radius 2 is 1.79 bits per heavy atom. The molecule has 0 bridgehead atoms. The summed E-state index contributed by atoms with van der Waals surface area (Å²) in [6.07, 6.45) is 2.36.